The van der Waals surface area contributed by atoms with E-state index in [4.69, 9.17) is 0 Å². The average molecular weight is 274 g/mol. The number of hydrogen-bond donors (Lipinski definition) is 1. The predicted octanol–water partition coefficient (Wildman–Crippen LogP) is 3.26. The molecule has 2 atom stereocenters. The maximum absolute atomic E-state index is 12.2. The van der Waals surface area contributed by atoms with Crippen molar-refractivity contribution in [2.24, 2.45) is 0 Å². The summed E-state index contributed by atoms with van der Waals surface area (Å²) < 4.78 is 0. The molecular weight excluding hydrogens is 248 g/mol. The van der Waals surface area contributed by atoms with Crippen molar-refractivity contribution in [1.82, 2.24) is 10.2 Å². The Labute approximate surface area is 122 Å². The molecule has 1 aromatic rings. The standard InChI is InChI=1S/C17H26N2O/c1-4-7-15(6-3)19-16(20)12-18-17(19)14-10-8-13(5-2)9-11-14/h8-11,15,17-18H,4-7,12H2,1-3H3. The summed E-state index contributed by atoms with van der Waals surface area (Å²) in [4.78, 5) is 14.3. The van der Waals surface area contributed by atoms with Gasteiger partial charge in [-0.1, -0.05) is 51.5 Å². The van der Waals surface area contributed by atoms with Crippen LogP contribution in [-0.2, 0) is 11.2 Å². The molecule has 0 bridgehead atoms. The minimum absolute atomic E-state index is 0.0462. The zero-order valence-electron chi connectivity index (χ0n) is 12.9. The Morgan fingerprint density at radius 1 is 1.25 bits per heavy atom. The van der Waals surface area contributed by atoms with E-state index in [0.717, 1.165) is 25.7 Å². The molecule has 3 nitrogen and oxygen atoms in total. The number of benzene rings is 1. The van der Waals surface area contributed by atoms with Crippen LogP contribution >= 0.6 is 0 Å². The summed E-state index contributed by atoms with van der Waals surface area (Å²) in [6, 6.07) is 8.98. The van der Waals surface area contributed by atoms with Crippen molar-refractivity contribution < 1.29 is 4.79 Å². The van der Waals surface area contributed by atoms with Crippen molar-refractivity contribution in [3.8, 4) is 0 Å². The van der Waals surface area contributed by atoms with Gasteiger partial charge in [-0.15, -0.1) is 0 Å². The van der Waals surface area contributed by atoms with Crippen LogP contribution in [0.25, 0.3) is 0 Å². The lowest BCUT2D eigenvalue weighted by molar-refractivity contribution is -0.130. The predicted molar refractivity (Wildman–Crippen MR) is 82.4 cm³/mol. The minimum atomic E-state index is 0.0462. The monoisotopic (exact) mass is 274 g/mol. The number of carbonyl (C=O) groups excluding carboxylic acids is 1. The van der Waals surface area contributed by atoms with Crippen LogP contribution in [0.2, 0.25) is 0 Å². The van der Waals surface area contributed by atoms with Crippen LogP contribution in [-0.4, -0.2) is 23.4 Å². The van der Waals surface area contributed by atoms with Gasteiger partial charge in [0.2, 0.25) is 5.91 Å². The SMILES string of the molecule is CCCC(CC)N1C(=O)CNC1c1ccc(CC)cc1. The van der Waals surface area contributed by atoms with Crippen LogP contribution in [0, 0.1) is 0 Å². The second-order valence-electron chi connectivity index (χ2n) is 5.53. The van der Waals surface area contributed by atoms with Gasteiger partial charge in [0.15, 0.2) is 0 Å². The molecule has 2 rings (SSSR count). The Kier molecular flexibility index (Phi) is 5.18. The van der Waals surface area contributed by atoms with E-state index in [0.29, 0.717) is 12.6 Å². The summed E-state index contributed by atoms with van der Waals surface area (Å²) in [6.07, 6.45) is 4.31. The number of rotatable bonds is 6. The molecule has 1 amide bonds. The lowest BCUT2D eigenvalue weighted by atomic mass is 10.0. The molecule has 1 heterocycles. The van der Waals surface area contributed by atoms with Gasteiger partial charge >= 0.3 is 0 Å². The molecule has 0 radical (unpaired) electrons. The van der Waals surface area contributed by atoms with Crippen molar-refractivity contribution >= 4 is 5.91 Å². The zero-order chi connectivity index (χ0) is 14.5. The summed E-state index contributed by atoms with van der Waals surface area (Å²) in [5, 5.41) is 3.36. The molecule has 0 saturated carbocycles. The first-order valence-corrected chi connectivity index (χ1v) is 7.84. The van der Waals surface area contributed by atoms with E-state index in [-0.39, 0.29) is 12.1 Å². The summed E-state index contributed by atoms with van der Waals surface area (Å²) in [7, 11) is 0. The number of nitrogens with zero attached hydrogens (tertiary/aromatic N) is 1. The van der Waals surface area contributed by atoms with E-state index in [1.807, 2.05) is 0 Å². The zero-order valence-corrected chi connectivity index (χ0v) is 12.9. The van der Waals surface area contributed by atoms with E-state index in [1.165, 1.54) is 11.1 Å². The highest BCUT2D eigenvalue weighted by molar-refractivity contribution is 5.81. The third kappa shape index (κ3) is 3.04. The molecular formula is C17H26N2O. The van der Waals surface area contributed by atoms with Gasteiger partial charge in [0, 0.05) is 6.04 Å². The minimum Gasteiger partial charge on any atom is -0.319 e. The Hall–Kier alpha value is -1.35. The lowest BCUT2D eigenvalue weighted by Gasteiger charge is -2.32. The molecule has 0 aromatic heterocycles. The number of carbonyl (C=O) groups is 1. The van der Waals surface area contributed by atoms with Gasteiger partial charge in [0.05, 0.1) is 6.54 Å². The van der Waals surface area contributed by atoms with E-state index in [9.17, 15) is 4.79 Å². The molecule has 1 fully saturated rings. The van der Waals surface area contributed by atoms with Crippen LogP contribution < -0.4 is 5.32 Å². The van der Waals surface area contributed by atoms with Crippen LogP contribution in [0.15, 0.2) is 24.3 Å². The first-order chi connectivity index (χ1) is 9.71. The first kappa shape index (κ1) is 15.0. The summed E-state index contributed by atoms with van der Waals surface area (Å²) in [5.41, 5.74) is 2.54. The fourth-order valence-electron chi connectivity index (χ4n) is 3.02. The van der Waals surface area contributed by atoms with Crippen LogP contribution in [0.4, 0.5) is 0 Å². The topological polar surface area (TPSA) is 32.3 Å². The second-order valence-corrected chi connectivity index (χ2v) is 5.53. The van der Waals surface area contributed by atoms with Crippen molar-refractivity contribution in [2.75, 3.05) is 6.54 Å². The van der Waals surface area contributed by atoms with Crippen molar-refractivity contribution in [2.45, 2.75) is 58.7 Å². The maximum Gasteiger partial charge on any atom is 0.238 e. The van der Waals surface area contributed by atoms with Crippen LogP contribution in [0.5, 0.6) is 0 Å². The normalized spacial score (nSPS) is 20.4. The average Bonchev–Trinajstić information content (AvgIpc) is 2.86. The smallest absolute Gasteiger partial charge is 0.238 e. The van der Waals surface area contributed by atoms with E-state index in [1.54, 1.807) is 0 Å². The van der Waals surface area contributed by atoms with Gasteiger partial charge in [-0.2, -0.15) is 0 Å². The summed E-state index contributed by atoms with van der Waals surface area (Å²) in [6.45, 7) is 6.97. The van der Waals surface area contributed by atoms with Gasteiger partial charge in [-0.3, -0.25) is 10.1 Å². The number of hydrogen-bond acceptors (Lipinski definition) is 2. The third-order valence-corrected chi connectivity index (χ3v) is 4.20. The van der Waals surface area contributed by atoms with Crippen molar-refractivity contribution in [3.05, 3.63) is 35.4 Å². The van der Waals surface area contributed by atoms with E-state index >= 15 is 0 Å². The molecule has 1 aliphatic rings. The fourth-order valence-corrected chi connectivity index (χ4v) is 3.02. The number of nitrogens with one attached hydrogen (secondary N) is 1. The molecule has 1 N–H and O–H groups in total. The second kappa shape index (κ2) is 6.89. The summed E-state index contributed by atoms with van der Waals surface area (Å²) >= 11 is 0. The lowest BCUT2D eigenvalue weighted by Crippen LogP contribution is -2.39. The molecule has 0 spiro atoms. The van der Waals surface area contributed by atoms with Gasteiger partial charge < -0.3 is 4.90 Å². The fraction of sp³-hybridized carbons (Fsp3) is 0.588. The van der Waals surface area contributed by atoms with Crippen molar-refractivity contribution in [1.29, 1.82) is 0 Å². The Balaban J connectivity index is 2.21. The Bertz CT molecular complexity index is 441. The Morgan fingerprint density at radius 2 is 1.95 bits per heavy atom. The number of amides is 1. The van der Waals surface area contributed by atoms with Gasteiger partial charge in [0.25, 0.3) is 0 Å². The number of aryl methyl sites for hydroxylation is 1. The molecule has 1 saturated heterocycles. The largest absolute Gasteiger partial charge is 0.319 e. The molecule has 1 aromatic carbocycles. The van der Waals surface area contributed by atoms with Gasteiger partial charge in [0.1, 0.15) is 6.17 Å². The van der Waals surface area contributed by atoms with Gasteiger partial charge in [-0.05, 0) is 30.4 Å². The molecule has 2 unspecified atom stereocenters. The highest BCUT2D eigenvalue weighted by Gasteiger charge is 2.35. The van der Waals surface area contributed by atoms with Gasteiger partial charge in [-0.25, -0.2) is 0 Å². The molecule has 0 aliphatic carbocycles. The van der Waals surface area contributed by atoms with E-state index in [2.05, 4.69) is 55.3 Å². The molecule has 1 aliphatic heterocycles. The maximum atomic E-state index is 12.2. The quantitative estimate of drug-likeness (QED) is 0.863. The van der Waals surface area contributed by atoms with E-state index < -0.39 is 0 Å². The highest BCUT2D eigenvalue weighted by Crippen LogP contribution is 2.28. The molecule has 110 valence electrons. The van der Waals surface area contributed by atoms with Crippen LogP contribution in [0.3, 0.4) is 0 Å². The third-order valence-electron chi connectivity index (χ3n) is 4.20. The van der Waals surface area contributed by atoms with Crippen molar-refractivity contribution in [3.63, 3.8) is 0 Å². The highest BCUT2D eigenvalue weighted by atomic mass is 16.2. The summed E-state index contributed by atoms with van der Waals surface area (Å²) in [5.74, 6) is 0.231. The molecule has 3 heteroatoms. The van der Waals surface area contributed by atoms with Crippen LogP contribution in [0.1, 0.15) is 57.3 Å². The Morgan fingerprint density at radius 3 is 2.50 bits per heavy atom. The first-order valence-electron chi connectivity index (χ1n) is 7.84. The molecule has 20 heavy (non-hydrogen) atoms.